The number of aromatic nitrogens is 1. The van der Waals surface area contributed by atoms with E-state index in [4.69, 9.17) is 14.2 Å². The van der Waals surface area contributed by atoms with Gasteiger partial charge in [0.25, 0.3) is 0 Å². The van der Waals surface area contributed by atoms with Crippen LogP contribution < -0.4 is 15.4 Å². The van der Waals surface area contributed by atoms with E-state index in [2.05, 4.69) is 20.3 Å². The molecule has 16 heteroatoms. The van der Waals surface area contributed by atoms with Gasteiger partial charge >= 0.3 is 18.4 Å². The lowest BCUT2D eigenvalue weighted by Gasteiger charge is -2.28. The number of alkyl halides is 3. The molecule has 2 fully saturated rings. The maximum Gasteiger partial charge on any atom is 0.434 e. The van der Waals surface area contributed by atoms with E-state index in [1.165, 1.54) is 12.1 Å². The van der Waals surface area contributed by atoms with E-state index in [1.807, 2.05) is 0 Å². The maximum absolute atomic E-state index is 14.4. The Hall–Kier alpha value is -2.95. The van der Waals surface area contributed by atoms with E-state index in [9.17, 15) is 31.2 Å². The quantitative estimate of drug-likeness (QED) is 0.312. The Bertz CT molecular complexity index is 1460. The number of hydrogen-bond acceptors (Lipinski definition) is 9. The molecule has 0 spiro atoms. The van der Waals surface area contributed by atoms with Crippen molar-refractivity contribution in [2.45, 2.75) is 101 Å². The molecule has 2 aliphatic rings. The molecule has 3 N–H and O–H groups in total. The number of halogens is 3. The molecule has 2 aromatic rings. The summed E-state index contributed by atoms with van der Waals surface area (Å²) < 4.78 is 88.0. The second kappa shape index (κ2) is 13.2. The summed E-state index contributed by atoms with van der Waals surface area (Å²) in [5.41, 5.74) is -2.32. The maximum atomic E-state index is 14.4. The van der Waals surface area contributed by atoms with E-state index >= 15 is 0 Å². The second-order valence-electron chi connectivity index (χ2n) is 12.1. The van der Waals surface area contributed by atoms with Crippen LogP contribution in [0, 0.1) is 0 Å². The van der Waals surface area contributed by atoms with Crippen LogP contribution in [0.25, 0.3) is 10.4 Å². The number of carbonyl (C=O) groups is 2. The molecule has 2 amide bonds. The SMILES string of the molecule is CC(C)OC(=O)NC1CCC(c2nc(C(F)(F)F)c(-c3ccc(NC(=O)OC4COC4)cc3S(=O)(=O)NC(C)(C)C)s2)CC1. The molecule has 0 unspecified atom stereocenters. The highest BCUT2D eigenvalue weighted by Gasteiger charge is 2.41. The van der Waals surface area contributed by atoms with Gasteiger partial charge in [0.1, 0.15) is 0 Å². The molecule has 244 valence electrons. The highest BCUT2D eigenvalue weighted by molar-refractivity contribution is 7.89. The van der Waals surface area contributed by atoms with Crippen molar-refractivity contribution in [2.75, 3.05) is 18.5 Å². The van der Waals surface area contributed by atoms with Gasteiger partial charge in [-0.15, -0.1) is 11.3 Å². The molecule has 11 nitrogen and oxygen atoms in total. The number of carbonyl (C=O) groups excluding carboxylic acids is 2. The average molecular weight is 663 g/mol. The van der Waals surface area contributed by atoms with Crippen LogP contribution in [0.15, 0.2) is 23.1 Å². The Kier molecular flexibility index (Phi) is 10.2. The van der Waals surface area contributed by atoms with Gasteiger partial charge in [-0.1, -0.05) is 6.07 Å². The zero-order chi connectivity index (χ0) is 32.4. The number of rotatable bonds is 8. The van der Waals surface area contributed by atoms with Gasteiger partial charge < -0.3 is 19.5 Å². The van der Waals surface area contributed by atoms with Crippen molar-refractivity contribution >= 4 is 39.2 Å². The van der Waals surface area contributed by atoms with Crippen LogP contribution in [0.4, 0.5) is 28.4 Å². The molecule has 2 heterocycles. The molecule has 1 aliphatic heterocycles. The standard InChI is InChI=1S/C28H37F3N4O7S2/c1-15(2)41-25(36)32-17-8-6-16(7-9-17)24-34-23(28(29,30)31)22(43-24)20-11-10-18(33-26(37)42-19-13-40-14-19)12-21(20)44(38,39)35-27(3,4)5/h10-12,15-17,19,35H,6-9,13-14H2,1-5H3,(H,32,36)(H,33,37). The molecule has 0 bridgehead atoms. The fourth-order valence-corrected chi connectivity index (χ4v) is 7.85. The number of nitrogens with one attached hydrogen (secondary N) is 3. The van der Waals surface area contributed by atoms with Gasteiger partial charge in [-0.05, 0) is 72.4 Å². The van der Waals surface area contributed by atoms with Crippen molar-refractivity contribution in [2.24, 2.45) is 0 Å². The molecule has 1 aromatic carbocycles. The summed E-state index contributed by atoms with van der Waals surface area (Å²) in [4.78, 5) is 27.5. The number of alkyl carbamates (subject to hydrolysis) is 1. The van der Waals surface area contributed by atoms with Crippen LogP contribution >= 0.6 is 11.3 Å². The van der Waals surface area contributed by atoms with Gasteiger partial charge in [0.05, 0.1) is 34.1 Å². The third-order valence-corrected chi connectivity index (χ3v) is 9.79. The van der Waals surface area contributed by atoms with Crippen LogP contribution in [0.1, 0.15) is 76.9 Å². The van der Waals surface area contributed by atoms with Crippen molar-refractivity contribution in [3.63, 3.8) is 0 Å². The van der Waals surface area contributed by atoms with Crippen molar-refractivity contribution in [3.8, 4) is 10.4 Å². The lowest BCUT2D eigenvalue weighted by molar-refractivity contribution is -0.140. The fourth-order valence-electron chi connectivity index (χ4n) is 4.83. The normalized spacial score (nSPS) is 19.8. The first-order chi connectivity index (χ1) is 20.4. The number of benzene rings is 1. The van der Waals surface area contributed by atoms with Gasteiger partial charge in [-0.2, -0.15) is 13.2 Å². The minimum absolute atomic E-state index is 0.0217. The third kappa shape index (κ3) is 8.82. The first-order valence-electron chi connectivity index (χ1n) is 14.2. The van der Waals surface area contributed by atoms with E-state index in [1.54, 1.807) is 34.6 Å². The molecule has 0 atom stereocenters. The molecule has 44 heavy (non-hydrogen) atoms. The van der Waals surface area contributed by atoms with Crippen LogP contribution in [0.5, 0.6) is 0 Å². The molecule has 1 aliphatic carbocycles. The number of nitrogens with zero attached hydrogens (tertiary/aromatic N) is 1. The van der Waals surface area contributed by atoms with E-state index in [0.29, 0.717) is 25.7 Å². The summed E-state index contributed by atoms with van der Waals surface area (Å²) in [7, 11) is -4.38. The Labute approximate surface area is 258 Å². The van der Waals surface area contributed by atoms with E-state index in [0.717, 1.165) is 17.4 Å². The van der Waals surface area contributed by atoms with Gasteiger partial charge in [0.2, 0.25) is 10.0 Å². The number of sulfonamides is 1. The zero-order valence-electron chi connectivity index (χ0n) is 25.0. The predicted molar refractivity (Wildman–Crippen MR) is 157 cm³/mol. The fraction of sp³-hybridized carbons (Fsp3) is 0.607. The summed E-state index contributed by atoms with van der Waals surface area (Å²) >= 11 is 0.795. The van der Waals surface area contributed by atoms with Crippen LogP contribution in [-0.2, 0) is 30.4 Å². The third-order valence-electron chi connectivity index (χ3n) is 6.74. The van der Waals surface area contributed by atoms with Crippen LogP contribution in [0.3, 0.4) is 0 Å². The van der Waals surface area contributed by atoms with E-state index in [-0.39, 0.29) is 52.4 Å². The topological polar surface area (TPSA) is 145 Å². The predicted octanol–water partition coefficient (Wildman–Crippen LogP) is 6.01. The first kappa shape index (κ1) is 33.9. The van der Waals surface area contributed by atoms with Crippen LogP contribution in [0.2, 0.25) is 0 Å². The largest absolute Gasteiger partial charge is 0.447 e. The molecular weight excluding hydrogens is 625 g/mol. The minimum atomic E-state index is -4.87. The summed E-state index contributed by atoms with van der Waals surface area (Å²) in [6.45, 7) is 8.73. The number of hydrogen-bond donors (Lipinski definition) is 3. The van der Waals surface area contributed by atoms with Gasteiger partial charge in [0.15, 0.2) is 11.8 Å². The Morgan fingerprint density at radius 3 is 2.27 bits per heavy atom. The number of amides is 2. The Morgan fingerprint density at radius 1 is 1.07 bits per heavy atom. The van der Waals surface area contributed by atoms with Gasteiger partial charge in [-0.3, -0.25) is 5.32 Å². The summed E-state index contributed by atoms with van der Waals surface area (Å²) in [6.07, 6.45) is -4.99. The number of anilines is 1. The molecule has 4 rings (SSSR count). The Balaban J connectivity index is 1.66. The highest BCUT2D eigenvalue weighted by Crippen LogP contribution is 2.46. The molecular formula is C28H37F3N4O7S2. The highest BCUT2D eigenvalue weighted by atomic mass is 32.2. The lowest BCUT2D eigenvalue weighted by atomic mass is 9.86. The second-order valence-corrected chi connectivity index (χ2v) is 14.8. The number of thiazole rings is 1. The zero-order valence-corrected chi connectivity index (χ0v) is 26.7. The van der Waals surface area contributed by atoms with Crippen molar-refractivity contribution in [1.82, 2.24) is 15.0 Å². The smallest absolute Gasteiger partial charge is 0.434 e. The van der Waals surface area contributed by atoms with E-state index < -0.39 is 50.6 Å². The summed E-state index contributed by atoms with van der Waals surface area (Å²) in [6, 6.07) is 3.47. The molecule has 1 saturated carbocycles. The first-order valence-corrected chi connectivity index (χ1v) is 16.5. The van der Waals surface area contributed by atoms with Crippen molar-refractivity contribution < 1.29 is 45.4 Å². The molecule has 1 aromatic heterocycles. The molecule has 0 radical (unpaired) electrons. The van der Waals surface area contributed by atoms with Crippen molar-refractivity contribution in [1.29, 1.82) is 0 Å². The minimum Gasteiger partial charge on any atom is -0.447 e. The van der Waals surface area contributed by atoms with Gasteiger partial charge in [0, 0.05) is 28.7 Å². The van der Waals surface area contributed by atoms with Crippen LogP contribution in [-0.4, -0.2) is 62.6 Å². The summed E-state index contributed by atoms with van der Waals surface area (Å²) in [5.74, 6) is -0.312. The summed E-state index contributed by atoms with van der Waals surface area (Å²) in [5, 5.41) is 5.47. The number of ether oxygens (including phenoxy) is 3. The van der Waals surface area contributed by atoms with Gasteiger partial charge in [-0.25, -0.2) is 27.7 Å². The lowest BCUT2D eigenvalue weighted by Crippen LogP contribution is -2.40. The van der Waals surface area contributed by atoms with Crippen molar-refractivity contribution in [3.05, 3.63) is 28.9 Å². The monoisotopic (exact) mass is 662 g/mol. The average Bonchev–Trinajstić information content (AvgIpc) is 3.31. The molecule has 1 saturated heterocycles. The Morgan fingerprint density at radius 2 is 1.73 bits per heavy atom.